The predicted molar refractivity (Wildman–Crippen MR) is 66.7 cm³/mol. The number of rotatable bonds is 9. The van der Waals surface area contributed by atoms with Gasteiger partial charge in [0, 0.05) is 19.9 Å². The Hall–Kier alpha value is -0.650. The number of hydrogen-bond donors (Lipinski definition) is 1. The molecular formula is C11H19N3OS. The fourth-order valence-corrected chi connectivity index (χ4v) is 2.03. The van der Waals surface area contributed by atoms with Crippen molar-refractivity contribution in [3.05, 3.63) is 18.6 Å². The van der Waals surface area contributed by atoms with Crippen molar-refractivity contribution < 1.29 is 4.74 Å². The molecule has 0 saturated heterocycles. The summed E-state index contributed by atoms with van der Waals surface area (Å²) >= 11 is 1.79. The molecule has 0 saturated carbocycles. The third-order valence-corrected chi connectivity index (χ3v) is 3.07. The molecule has 5 heteroatoms. The Morgan fingerprint density at radius 3 is 3.06 bits per heavy atom. The Kier molecular flexibility index (Phi) is 8.02. The minimum atomic E-state index is 0.787. The smallest absolute Gasteiger partial charge is 0.116 e. The Bertz CT molecular complexity index is 259. The maximum atomic E-state index is 4.95. The molecule has 1 aromatic rings. The Morgan fingerprint density at radius 2 is 2.31 bits per heavy atom. The van der Waals surface area contributed by atoms with E-state index in [1.165, 1.54) is 12.8 Å². The Labute approximate surface area is 101 Å². The van der Waals surface area contributed by atoms with Gasteiger partial charge in [-0.1, -0.05) is 0 Å². The largest absolute Gasteiger partial charge is 0.383 e. The fourth-order valence-electron chi connectivity index (χ4n) is 1.19. The topological polar surface area (TPSA) is 47.0 Å². The molecule has 0 radical (unpaired) electrons. The molecule has 1 heterocycles. The molecule has 1 aromatic heterocycles. The lowest BCUT2D eigenvalue weighted by Crippen LogP contribution is -2.20. The Balaban J connectivity index is 1.89. The number of nitrogens with zero attached hydrogens (tertiary/aromatic N) is 2. The van der Waals surface area contributed by atoms with Gasteiger partial charge in [-0.2, -0.15) is 0 Å². The van der Waals surface area contributed by atoms with Crippen LogP contribution in [0.3, 0.4) is 0 Å². The highest BCUT2D eigenvalue weighted by molar-refractivity contribution is 7.99. The molecule has 0 unspecified atom stereocenters. The normalized spacial score (nSPS) is 10.6. The predicted octanol–water partition coefficient (Wildman–Crippen LogP) is 1.58. The summed E-state index contributed by atoms with van der Waals surface area (Å²) in [7, 11) is 1.72. The van der Waals surface area contributed by atoms with E-state index in [0.717, 1.165) is 30.5 Å². The molecule has 0 amide bonds. The van der Waals surface area contributed by atoms with E-state index in [1.54, 1.807) is 31.4 Å². The molecule has 4 nitrogen and oxygen atoms in total. The highest BCUT2D eigenvalue weighted by Gasteiger charge is 1.94. The first-order valence-electron chi connectivity index (χ1n) is 5.52. The average molecular weight is 241 g/mol. The van der Waals surface area contributed by atoms with Gasteiger partial charge in [0.05, 0.1) is 11.6 Å². The zero-order chi connectivity index (χ0) is 11.5. The van der Waals surface area contributed by atoms with E-state index in [-0.39, 0.29) is 0 Å². The minimum Gasteiger partial charge on any atom is -0.383 e. The summed E-state index contributed by atoms with van der Waals surface area (Å²) in [5.74, 6) is 1.11. The molecule has 90 valence electrons. The first kappa shape index (κ1) is 13.4. The van der Waals surface area contributed by atoms with Crippen LogP contribution in [0.5, 0.6) is 0 Å². The summed E-state index contributed by atoms with van der Waals surface area (Å²) in [4.78, 5) is 8.04. The lowest BCUT2D eigenvalue weighted by atomic mass is 10.3. The fraction of sp³-hybridized carbons (Fsp3) is 0.636. The summed E-state index contributed by atoms with van der Waals surface area (Å²) in [6.07, 6.45) is 5.77. The van der Waals surface area contributed by atoms with Crippen molar-refractivity contribution in [1.82, 2.24) is 15.3 Å². The highest BCUT2D eigenvalue weighted by Crippen LogP contribution is 2.14. The van der Waals surface area contributed by atoms with Gasteiger partial charge in [-0.05, 0) is 31.2 Å². The van der Waals surface area contributed by atoms with E-state index in [0.29, 0.717) is 0 Å². The molecule has 0 fully saturated rings. The number of hydrogen-bond acceptors (Lipinski definition) is 5. The van der Waals surface area contributed by atoms with Gasteiger partial charge in [0.2, 0.25) is 0 Å². The number of nitrogens with one attached hydrogen (secondary N) is 1. The van der Waals surface area contributed by atoms with Crippen LogP contribution in [0.15, 0.2) is 23.6 Å². The van der Waals surface area contributed by atoms with E-state index in [1.807, 2.05) is 6.07 Å². The molecule has 0 atom stereocenters. The third-order valence-electron chi connectivity index (χ3n) is 2.04. The van der Waals surface area contributed by atoms with Gasteiger partial charge in [0.1, 0.15) is 6.33 Å². The first-order valence-corrected chi connectivity index (χ1v) is 6.50. The van der Waals surface area contributed by atoms with E-state index in [4.69, 9.17) is 4.74 Å². The first-order chi connectivity index (χ1) is 7.93. The van der Waals surface area contributed by atoms with Gasteiger partial charge in [-0.3, -0.25) is 0 Å². The van der Waals surface area contributed by atoms with Crippen LogP contribution in [0.4, 0.5) is 0 Å². The van der Waals surface area contributed by atoms with Crippen LogP contribution in [0.2, 0.25) is 0 Å². The molecule has 1 N–H and O–H groups in total. The van der Waals surface area contributed by atoms with Gasteiger partial charge in [0.15, 0.2) is 0 Å². The zero-order valence-corrected chi connectivity index (χ0v) is 10.5. The molecule has 0 bridgehead atoms. The second-order valence-electron chi connectivity index (χ2n) is 3.35. The van der Waals surface area contributed by atoms with Crippen molar-refractivity contribution in [2.75, 3.05) is 32.6 Å². The van der Waals surface area contributed by atoms with Crippen LogP contribution < -0.4 is 5.32 Å². The SMILES string of the molecule is COCCNCCCCSc1ccncn1. The molecule has 0 aliphatic carbocycles. The van der Waals surface area contributed by atoms with Gasteiger partial charge >= 0.3 is 0 Å². The van der Waals surface area contributed by atoms with Crippen molar-refractivity contribution in [2.24, 2.45) is 0 Å². The zero-order valence-electron chi connectivity index (χ0n) is 9.69. The lowest BCUT2D eigenvalue weighted by molar-refractivity contribution is 0.199. The number of thioether (sulfide) groups is 1. The summed E-state index contributed by atoms with van der Waals surface area (Å²) in [6, 6.07) is 1.95. The van der Waals surface area contributed by atoms with Gasteiger partial charge in [-0.25, -0.2) is 9.97 Å². The molecule has 0 aliphatic heterocycles. The van der Waals surface area contributed by atoms with Crippen molar-refractivity contribution in [2.45, 2.75) is 17.9 Å². The molecule has 0 aliphatic rings. The van der Waals surface area contributed by atoms with E-state index >= 15 is 0 Å². The number of ether oxygens (including phenoxy) is 1. The summed E-state index contributed by atoms with van der Waals surface area (Å²) < 4.78 is 4.95. The molecule has 1 rings (SSSR count). The highest BCUT2D eigenvalue weighted by atomic mass is 32.2. The summed E-state index contributed by atoms with van der Waals surface area (Å²) in [5, 5.41) is 4.38. The third kappa shape index (κ3) is 6.76. The van der Waals surface area contributed by atoms with Gasteiger partial charge in [-0.15, -0.1) is 11.8 Å². The second-order valence-corrected chi connectivity index (χ2v) is 4.46. The van der Waals surface area contributed by atoms with E-state index < -0.39 is 0 Å². The van der Waals surface area contributed by atoms with Crippen molar-refractivity contribution >= 4 is 11.8 Å². The van der Waals surface area contributed by atoms with Crippen molar-refractivity contribution in [1.29, 1.82) is 0 Å². The van der Waals surface area contributed by atoms with Gasteiger partial charge < -0.3 is 10.1 Å². The standard InChI is InChI=1S/C11H19N3OS/c1-15-8-7-12-5-2-3-9-16-11-4-6-13-10-14-11/h4,6,10,12H,2-3,5,7-9H2,1H3. The minimum absolute atomic E-state index is 0.787. The Morgan fingerprint density at radius 1 is 1.38 bits per heavy atom. The number of aromatic nitrogens is 2. The molecule has 0 aromatic carbocycles. The number of methoxy groups -OCH3 is 1. The van der Waals surface area contributed by atoms with Crippen LogP contribution in [0.1, 0.15) is 12.8 Å². The molecule has 16 heavy (non-hydrogen) atoms. The summed E-state index contributed by atoms with van der Waals surface area (Å²) in [5.41, 5.74) is 0. The lowest BCUT2D eigenvalue weighted by Gasteiger charge is -2.03. The van der Waals surface area contributed by atoms with Crippen LogP contribution >= 0.6 is 11.8 Å². The quantitative estimate of drug-likeness (QED) is 0.404. The van der Waals surface area contributed by atoms with Crippen LogP contribution in [-0.4, -0.2) is 42.5 Å². The molecule has 0 spiro atoms. The van der Waals surface area contributed by atoms with Crippen LogP contribution in [0, 0.1) is 0 Å². The summed E-state index contributed by atoms with van der Waals surface area (Å²) in [6.45, 7) is 2.79. The maximum Gasteiger partial charge on any atom is 0.116 e. The van der Waals surface area contributed by atoms with Gasteiger partial charge in [0.25, 0.3) is 0 Å². The van der Waals surface area contributed by atoms with Crippen molar-refractivity contribution in [3.8, 4) is 0 Å². The number of unbranched alkanes of at least 4 members (excludes halogenated alkanes) is 1. The van der Waals surface area contributed by atoms with E-state index in [9.17, 15) is 0 Å². The average Bonchev–Trinajstić information content (AvgIpc) is 2.34. The second kappa shape index (κ2) is 9.57. The van der Waals surface area contributed by atoms with Crippen molar-refractivity contribution in [3.63, 3.8) is 0 Å². The molecular weight excluding hydrogens is 222 g/mol. The van der Waals surface area contributed by atoms with Crippen LogP contribution in [0.25, 0.3) is 0 Å². The van der Waals surface area contributed by atoms with E-state index in [2.05, 4.69) is 15.3 Å². The maximum absolute atomic E-state index is 4.95. The monoisotopic (exact) mass is 241 g/mol. The van der Waals surface area contributed by atoms with Crippen LogP contribution in [-0.2, 0) is 4.74 Å².